The molecule has 4 nitrogen and oxygen atoms in total. The molecule has 100 valence electrons. The van der Waals surface area contributed by atoms with Crippen LogP contribution in [0.3, 0.4) is 0 Å². The van der Waals surface area contributed by atoms with Gasteiger partial charge in [-0.25, -0.2) is 0 Å². The second-order valence-electron chi connectivity index (χ2n) is 5.09. The third-order valence-corrected chi connectivity index (χ3v) is 3.37. The van der Waals surface area contributed by atoms with E-state index in [4.69, 9.17) is 4.74 Å². The molecular formula is C13H26N2O2. The zero-order valence-corrected chi connectivity index (χ0v) is 11.4. The predicted octanol–water partition coefficient (Wildman–Crippen LogP) is 1.26. The number of nitrogens with zero attached hydrogens (tertiary/aromatic N) is 1. The van der Waals surface area contributed by atoms with Crippen molar-refractivity contribution in [3.05, 3.63) is 0 Å². The first-order valence-corrected chi connectivity index (χ1v) is 6.66. The first-order chi connectivity index (χ1) is 8.13. The average molecular weight is 242 g/mol. The fourth-order valence-corrected chi connectivity index (χ4v) is 2.17. The van der Waals surface area contributed by atoms with Crippen molar-refractivity contribution in [1.82, 2.24) is 10.2 Å². The van der Waals surface area contributed by atoms with E-state index in [0.29, 0.717) is 5.92 Å². The smallest absolute Gasteiger partial charge is 0.248 e. The standard InChI is InChI=1S/C13H26N2O2/c1-11(9-14-13(16)12(2)17-3)10-15-7-5-4-6-8-15/h11-12H,4-10H2,1-3H3,(H,14,16). The maximum atomic E-state index is 11.5. The summed E-state index contributed by atoms with van der Waals surface area (Å²) in [6, 6.07) is 0. The second-order valence-corrected chi connectivity index (χ2v) is 5.09. The van der Waals surface area contributed by atoms with Crippen molar-refractivity contribution in [1.29, 1.82) is 0 Å². The van der Waals surface area contributed by atoms with Crippen LogP contribution in [0.1, 0.15) is 33.1 Å². The lowest BCUT2D eigenvalue weighted by molar-refractivity contribution is -0.130. The molecule has 0 aliphatic carbocycles. The van der Waals surface area contributed by atoms with Gasteiger partial charge in [0.2, 0.25) is 5.91 Å². The maximum absolute atomic E-state index is 11.5. The molecule has 1 aliphatic heterocycles. The van der Waals surface area contributed by atoms with Crippen LogP contribution in [-0.4, -0.2) is 50.2 Å². The van der Waals surface area contributed by atoms with Crippen LogP contribution in [0.15, 0.2) is 0 Å². The Bertz CT molecular complexity index is 227. The minimum atomic E-state index is -0.350. The third-order valence-electron chi connectivity index (χ3n) is 3.37. The molecule has 2 atom stereocenters. The van der Waals surface area contributed by atoms with Crippen LogP contribution in [-0.2, 0) is 9.53 Å². The SMILES string of the molecule is COC(C)C(=O)NCC(C)CN1CCCCC1. The van der Waals surface area contributed by atoms with Gasteiger partial charge < -0.3 is 15.0 Å². The fraction of sp³-hybridized carbons (Fsp3) is 0.923. The quantitative estimate of drug-likeness (QED) is 0.762. The van der Waals surface area contributed by atoms with E-state index in [9.17, 15) is 4.79 Å². The number of rotatable bonds is 6. The first-order valence-electron chi connectivity index (χ1n) is 6.66. The summed E-state index contributed by atoms with van der Waals surface area (Å²) in [6.45, 7) is 8.21. The van der Waals surface area contributed by atoms with Crippen molar-refractivity contribution in [3.63, 3.8) is 0 Å². The fourth-order valence-electron chi connectivity index (χ4n) is 2.17. The summed E-state index contributed by atoms with van der Waals surface area (Å²) >= 11 is 0. The molecule has 17 heavy (non-hydrogen) atoms. The van der Waals surface area contributed by atoms with Crippen molar-refractivity contribution in [2.75, 3.05) is 33.3 Å². The molecule has 2 unspecified atom stereocenters. The van der Waals surface area contributed by atoms with Gasteiger partial charge in [-0.1, -0.05) is 13.3 Å². The lowest BCUT2D eigenvalue weighted by atomic mass is 10.1. The number of hydrogen-bond donors (Lipinski definition) is 1. The number of nitrogens with one attached hydrogen (secondary N) is 1. The minimum Gasteiger partial charge on any atom is -0.372 e. The van der Waals surface area contributed by atoms with Gasteiger partial charge in [-0.3, -0.25) is 4.79 Å². The van der Waals surface area contributed by atoms with Crippen LogP contribution < -0.4 is 5.32 Å². The zero-order valence-electron chi connectivity index (χ0n) is 11.4. The number of amides is 1. The van der Waals surface area contributed by atoms with Gasteiger partial charge in [-0.05, 0) is 38.8 Å². The Balaban J connectivity index is 2.15. The molecule has 0 radical (unpaired) electrons. The zero-order chi connectivity index (χ0) is 12.7. The molecule has 1 fully saturated rings. The van der Waals surface area contributed by atoms with E-state index in [1.54, 1.807) is 14.0 Å². The number of hydrogen-bond acceptors (Lipinski definition) is 3. The highest BCUT2D eigenvalue weighted by molar-refractivity contribution is 5.80. The monoisotopic (exact) mass is 242 g/mol. The largest absolute Gasteiger partial charge is 0.372 e. The molecule has 1 aliphatic rings. The van der Waals surface area contributed by atoms with Crippen molar-refractivity contribution < 1.29 is 9.53 Å². The van der Waals surface area contributed by atoms with Crippen LogP contribution >= 0.6 is 0 Å². The van der Waals surface area contributed by atoms with Crippen molar-refractivity contribution >= 4 is 5.91 Å². The first kappa shape index (κ1) is 14.5. The number of carbonyl (C=O) groups is 1. The molecule has 0 saturated carbocycles. The Morgan fingerprint density at radius 2 is 1.94 bits per heavy atom. The van der Waals surface area contributed by atoms with E-state index in [1.165, 1.54) is 32.4 Å². The highest BCUT2D eigenvalue weighted by atomic mass is 16.5. The number of methoxy groups -OCH3 is 1. The molecule has 1 rings (SSSR count). The summed E-state index contributed by atoms with van der Waals surface area (Å²) in [5.74, 6) is 0.485. The lowest BCUT2D eigenvalue weighted by Crippen LogP contribution is -2.40. The second kappa shape index (κ2) is 7.67. The van der Waals surface area contributed by atoms with Gasteiger partial charge in [0.05, 0.1) is 0 Å². The van der Waals surface area contributed by atoms with Gasteiger partial charge >= 0.3 is 0 Å². The van der Waals surface area contributed by atoms with E-state index >= 15 is 0 Å². The van der Waals surface area contributed by atoms with Gasteiger partial charge in [-0.15, -0.1) is 0 Å². The summed E-state index contributed by atoms with van der Waals surface area (Å²) < 4.78 is 4.97. The summed E-state index contributed by atoms with van der Waals surface area (Å²) in [5, 5.41) is 2.93. The lowest BCUT2D eigenvalue weighted by Gasteiger charge is -2.29. The number of carbonyl (C=O) groups excluding carboxylic acids is 1. The molecule has 1 N–H and O–H groups in total. The normalized spacial score (nSPS) is 20.9. The maximum Gasteiger partial charge on any atom is 0.248 e. The van der Waals surface area contributed by atoms with Crippen LogP contribution in [0.2, 0.25) is 0 Å². The average Bonchev–Trinajstić information content (AvgIpc) is 2.36. The Labute approximate surface area is 105 Å². The summed E-state index contributed by atoms with van der Waals surface area (Å²) in [4.78, 5) is 14.0. The Kier molecular flexibility index (Phi) is 6.52. The molecule has 0 aromatic heterocycles. The van der Waals surface area contributed by atoms with Crippen LogP contribution in [0, 0.1) is 5.92 Å². The topological polar surface area (TPSA) is 41.6 Å². The van der Waals surface area contributed by atoms with Crippen molar-refractivity contribution in [2.45, 2.75) is 39.2 Å². The van der Waals surface area contributed by atoms with Crippen molar-refractivity contribution in [3.8, 4) is 0 Å². The van der Waals surface area contributed by atoms with Gasteiger partial charge in [0, 0.05) is 20.2 Å². The molecule has 1 saturated heterocycles. The number of piperidine rings is 1. The Hall–Kier alpha value is -0.610. The molecule has 0 bridgehead atoms. The summed E-state index contributed by atoms with van der Waals surface area (Å²) in [5.41, 5.74) is 0. The predicted molar refractivity (Wildman–Crippen MR) is 68.9 cm³/mol. The van der Waals surface area contributed by atoms with Crippen LogP contribution in [0.5, 0.6) is 0 Å². The van der Waals surface area contributed by atoms with E-state index in [1.807, 2.05) is 0 Å². The molecule has 4 heteroatoms. The molecule has 1 amide bonds. The molecule has 0 aromatic rings. The number of likely N-dealkylation sites (tertiary alicyclic amines) is 1. The molecular weight excluding hydrogens is 216 g/mol. The minimum absolute atomic E-state index is 0.0157. The van der Waals surface area contributed by atoms with E-state index in [2.05, 4.69) is 17.1 Å². The van der Waals surface area contributed by atoms with E-state index < -0.39 is 0 Å². The van der Waals surface area contributed by atoms with Crippen molar-refractivity contribution in [2.24, 2.45) is 5.92 Å². The van der Waals surface area contributed by atoms with Crippen LogP contribution in [0.4, 0.5) is 0 Å². The highest BCUT2D eigenvalue weighted by Crippen LogP contribution is 2.10. The van der Waals surface area contributed by atoms with Gasteiger partial charge in [-0.2, -0.15) is 0 Å². The highest BCUT2D eigenvalue weighted by Gasteiger charge is 2.15. The van der Waals surface area contributed by atoms with Gasteiger partial charge in [0.25, 0.3) is 0 Å². The summed E-state index contributed by atoms with van der Waals surface area (Å²) in [7, 11) is 1.56. The molecule has 1 heterocycles. The Morgan fingerprint density at radius 3 is 2.53 bits per heavy atom. The molecule has 0 aromatic carbocycles. The third kappa shape index (κ3) is 5.50. The molecule has 0 spiro atoms. The number of ether oxygens (including phenoxy) is 1. The summed E-state index contributed by atoms with van der Waals surface area (Å²) in [6.07, 6.45) is 3.66. The van der Waals surface area contributed by atoms with Gasteiger partial charge in [0.1, 0.15) is 6.10 Å². The van der Waals surface area contributed by atoms with E-state index in [-0.39, 0.29) is 12.0 Å². The van der Waals surface area contributed by atoms with Crippen LogP contribution in [0.25, 0.3) is 0 Å². The Morgan fingerprint density at radius 1 is 1.29 bits per heavy atom. The van der Waals surface area contributed by atoms with E-state index in [0.717, 1.165) is 13.1 Å². The van der Waals surface area contributed by atoms with Gasteiger partial charge in [0.15, 0.2) is 0 Å².